The second-order valence-electron chi connectivity index (χ2n) is 23.6. The van der Waals surface area contributed by atoms with Gasteiger partial charge in [-0.25, -0.2) is 0 Å². The molecule has 0 bridgehead atoms. The maximum Gasteiger partial charge on any atom is 0.308 e. The van der Waals surface area contributed by atoms with E-state index in [1.165, 1.54) is 0 Å². The van der Waals surface area contributed by atoms with Crippen LogP contribution in [0.15, 0.2) is 0 Å². The second-order valence-corrected chi connectivity index (χ2v) is 23.6. The summed E-state index contributed by atoms with van der Waals surface area (Å²) in [7, 11) is 0. The Kier molecular flexibility index (Phi) is 45.8. The zero-order valence-corrected chi connectivity index (χ0v) is 57.5. The van der Waals surface area contributed by atoms with Gasteiger partial charge in [0.15, 0.2) is 0 Å². The summed E-state index contributed by atoms with van der Waals surface area (Å²) in [5, 5.41) is 53.6. The Bertz CT molecular complexity index is 2740. The van der Waals surface area contributed by atoms with Crippen molar-refractivity contribution in [3.05, 3.63) is 0 Å². The van der Waals surface area contributed by atoms with E-state index in [0.29, 0.717) is 25.7 Å². The molecule has 102 heavy (non-hydrogen) atoms. The highest BCUT2D eigenvalue weighted by atomic mass is 16.6. The molecule has 0 rings (SSSR count). The number of Topliss-reactive ketones (excluding diaryl/α,β-unsaturated/α-hetero) is 2. The first kappa shape index (κ1) is 91.7. The van der Waals surface area contributed by atoms with Crippen LogP contribution in [0.2, 0.25) is 0 Å². The van der Waals surface area contributed by atoms with Gasteiger partial charge in [0, 0.05) is 25.7 Å². The quantitative estimate of drug-likeness (QED) is 0.0155. The number of hydrogen-bond donors (Lipinski definition) is 16. The van der Waals surface area contributed by atoms with E-state index >= 15 is 0 Å². The minimum Gasteiger partial charge on any atom is -0.481 e. The molecule has 10 atom stereocenters. The van der Waals surface area contributed by atoms with Crippen LogP contribution in [-0.2, 0) is 115 Å². The van der Waals surface area contributed by atoms with Gasteiger partial charge in [0.1, 0.15) is 73.1 Å². The lowest BCUT2D eigenvalue weighted by Crippen LogP contribution is -2.59. The summed E-state index contributed by atoms with van der Waals surface area (Å²) in [6, 6.07) is -19.5. The maximum atomic E-state index is 14.2. The van der Waals surface area contributed by atoms with E-state index in [-0.39, 0.29) is 13.2 Å². The minimum absolute atomic E-state index is 0.175. The molecule has 0 saturated heterocycles. The van der Waals surface area contributed by atoms with Crippen LogP contribution in [0.1, 0.15) is 182 Å². The molecule has 0 aromatic heterocycles. The van der Waals surface area contributed by atoms with Gasteiger partial charge in [-0.2, -0.15) is 0 Å². The van der Waals surface area contributed by atoms with Crippen molar-refractivity contribution in [1.29, 1.82) is 0 Å². The summed E-state index contributed by atoms with van der Waals surface area (Å²) in [6.07, 6.45) is -1.61. The van der Waals surface area contributed by atoms with E-state index < -0.39 is 269 Å². The Morgan fingerprint density at radius 3 is 0.755 bits per heavy atom. The molecule has 0 aliphatic rings. The van der Waals surface area contributed by atoms with E-state index in [1.54, 1.807) is 0 Å². The number of carboxylic acid groups (broad SMARTS) is 4. The first-order chi connectivity index (χ1) is 47.9. The van der Waals surface area contributed by atoms with E-state index in [4.69, 9.17) is 41.9 Å². The normalized spacial score (nSPS) is 13.7. The highest BCUT2D eigenvalue weighted by Gasteiger charge is 2.38. The predicted molar refractivity (Wildman–Crippen MR) is 348 cm³/mol. The van der Waals surface area contributed by atoms with Crippen LogP contribution in [0, 0.1) is 0 Å². The molecule has 574 valence electrons. The number of hydrogen-bond acceptors (Lipinski definition) is 26. The molecular weight excluding hydrogens is 1360 g/mol. The molecule has 10 amide bonds. The maximum absolute atomic E-state index is 14.2. The number of nitrogens with two attached hydrogens (primary N) is 4. The van der Waals surface area contributed by atoms with Gasteiger partial charge in [-0.05, 0) is 39.5 Å². The van der Waals surface area contributed by atoms with Crippen molar-refractivity contribution in [3.8, 4) is 0 Å². The lowest BCUT2D eigenvalue weighted by molar-refractivity contribution is -0.154. The molecule has 0 heterocycles. The van der Waals surface area contributed by atoms with Crippen LogP contribution in [0.3, 0.4) is 0 Å². The van der Waals surface area contributed by atoms with Crippen LogP contribution >= 0.6 is 0 Å². The molecule has 0 aliphatic heterocycles. The van der Waals surface area contributed by atoms with E-state index in [1.807, 2.05) is 24.5 Å². The predicted octanol–water partition coefficient (Wildman–Crippen LogP) is -4.42. The molecule has 40 heteroatoms. The average Bonchev–Trinajstić information content (AvgIpc) is 0.861. The molecule has 40 nitrogen and oxygen atoms in total. The number of nitrogens with one attached hydrogen (secondary N) is 8. The van der Waals surface area contributed by atoms with Gasteiger partial charge in [0.2, 0.25) is 59.1 Å². The third kappa shape index (κ3) is 42.6. The average molecular weight is 1460 g/mol. The van der Waals surface area contributed by atoms with Crippen molar-refractivity contribution in [3.63, 3.8) is 0 Å². The van der Waals surface area contributed by atoms with Crippen LogP contribution < -0.4 is 65.5 Å². The highest BCUT2D eigenvalue weighted by Crippen LogP contribution is 2.12. The molecular formula is C62H98N12O28. The fraction of sp³-hybridized carbons (Fsp3) is 0.677. The third-order valence-electron chi connectivity index (χ3n) is 14.5. The monoisotopic (exact) mass is 1460 g/mol. The first-order valence-corrected chi connectivity index (χ1v) is 32.9. The lowest BCUT2D eigenvalue weighted by Gasteiger charge is -2.26. The van der Waals surface area contributed by atoms with Crippen molar-refractivity contribution in [2.75, 3.05) is 26.4 Å². The Balaban J connectivity index is 7.21. The van der Waals surface area contributed by atoms with Gasteiger partial charge >= 0.3 is 47.8 Å². The number of rotatable bonds is 57. The largest absolute Gasteiger partial charge is 0.481 e. The summed E-state index contributed by atoms with van der Waals surface area (Å²) in [5.41, 5.74) is 22.2. The molecule has 10 unspecified atom stereocenters. The van der Waals surface area contributed by atoms with Crippen molar-refractivity contribution >= 4 is 118 Å². The lowest BCUT2D eigenvalue weighted by atomic mass is 10.1. The van der Waals surface area contributed by atoms with Crippen molar-refractivity contribution < 1.29 is 135 Å². The van der Waals surface area contributed by atoms with Gasteiger partial charge in [-0.15, -0.1) is 0 Å². The molecule has 0 saturated carbocycles. The minimum atomic E-state index is -2.16. The Morgan fingerprint density at radius 2 is 0.520 bits per heavy atom. The van der Waals surface area contributed by atoms with E-state index in [9.17, 15) is 116 Å². The molecule has 0 aromatic carbocycles. The van der Waals surface area contributed by atoms with Gasteiger partial charge in [-0.1, -0.05) is 78.1 Å². The smallest absolute Gasteiger partial charge is 0.308 e. The zero-order valence-electron chi connectivity index (χ0n) is 57.5. The zero-order chi connectivity index (χ0) is 77.6. The number of unbranched alkanes of at least 4 members (excludes halogenated alkanes) is 10. The Hall–Kier alpha value is -10.3. The number of amides is 10. The van der Waals surface area contributed by atoms with Crippen LogP contribution in [0.25, 0.3) is 0 Å². The first-order valence-electron chi connectivity index (χ1n) is 32.9. The molecule has 0 aromatic rings. The number of aliphatic carboxylic acids is 4. The van der Waals surface area contributed by atoms with Crippen LogP contribution in [-0.4, -0.2) is 226 Å². The Labute approximate surface area is 586 Å². The number of ketones is 2. The van der Waals surface area contributed by atoms with Crippen molar-refractivity contribution in [2.24, 2.45) is 22.9 Å². The molecule has 20 N–H and O–H groups in total. The topological polar surface area (TPSA) is 660 Å². The van der Waals surface area contributed by atoms with Gasteiger partial charge in [0.05, 0.1) is 63.8 Å². The molecule has 0 aliphatic carbocycles. The summed E-state index contributed by atoms with van der Waals surface area (Å²) >= 11 is 0. The summed E-state index contributed by atoms with van der Waals surface area (Å²) in [4.78, 5) is 258. The number of carboxylic acids is 4. The number of carbonyl (C=O) groups excluding carboxylic acids is 16. The number of ether oxygens (including phenoxy) is 4. The number of carbonyl (C=O) groups is 20. The van der Waals surface area contributed by atoms with E-state index in [0.717, 1.165) is 65.2 Å². The summed E-state index contributed by atoms with van der Waals surface area (Å²) < 4.78 is 20.8. The highest BCUT2D eigenvalue weighted by molar-refractivity contribution is 6.02. The van der Waals surface area contributed by atoms with Gasteiger partial charge in [-0.3, -0.25) is 95.9 Å². The molecule has 0 fully saturated rings. The molecule has 0 radical (unpaired) electrons. The second kappa shape index (κ2) is 51.0. The van der Waals surface area contributed by atoms with Crippen LogP contribution in [0.5, 0.6) is 0 Å². The standard InChI is InChI=1S/C62H98N12O28/c1-5-7-9-11-13-15-21-99-49(85)31-43(61(97)71-39(25-33(3)75)57(93)67-37(53(65)89)27-47(81)82)73-59(95)41(69-55(91)35(63)17-19-45(77)78)29-51(87)101-23-24-102-52(88)30-42(70-56(92)36(64)18-20-46(79)80)60(96)74-44(32-50(86)100-22-16-14-12-10-8-6-2)62(98)72-40(26-34(4)76)58(94)68-38(54(66)90)28-48(83)84/h35-44H,5-32,63-64H2,1-4H3,(H2,65,89)(H2,66,90)(H,67,93)(H,68,94)(H,69,91)(H,70,92)(H,71,97)(H,72,98)(H,73,95)(H,74,96)(H,77,78)(H,79,80)(H,81,82)(H,83,84). The third-order valence-corrected chi connectivity index (χ3v) is 14.5. The molecule has 0 spiro atoms. The fourth-order valence-corrected chi connectivity index (χ4v) is 8.99. The number of primary amides is 2. The summed E-state index contributed by atoms with van der Waals surface area (Å²) in [6.45, 7) is 3.75. The van der Waals surface area contributed by atoms with Crippen molar-refractivity contribution in [1.82, 2.24) is 42.5 Å². The van der Waals surface area contributed by atoms with Gasteiger partial charge in [0.25, 0.3) is 0 Å². The summed E-state index contributed by atoms with van der Waals surface area (Å²) in [5.74, 6) is -26.2. The fourth-order valence-electron chi connectivity index (χ4n) is 8.99. The number of esters is 4. The van der Waals surface area contributed by atoms with E-state index in [2.05, 4.69) is 31.9 Å². The van der Waals surface area contributed by atoms with Crippen LogP contribution in [0.4, 0.5) is 0 Å². The van der Waals surface area contributed by atoms with Gasteiger partial charge < -0.3 is 105 Å². The Morgan fingerprint density at radius 1 is 0.294 bits per heavy atom. The SMILES string of the molecule is CCCCCCCCOC(=O)CC(NC(=O)C(CC(=O)OCCOC(=O)CC(NC(=O)C(N)CCC(=O)O)C(=O)NC(CC(=O)OCCCCCCCC)C(=O)NC(CC(C)=O)C(=O)NC(CC(=O)O)C(N)=O)NC(=O)C(N)CCC(=O)O)C(=O)NC(CC(C)=O)C(=O)NC(CC(=O)O)C(N)=O. The van der Waals surface area contributed by atoms with Crippen molar-refractivity contribution in [2.45, 2.75) is 242 Å².